The van der Waals surface area contributed by atoms with Gasteiger partial charge in [0.15, 0.2) is 0 Å². The third-order valence-corrected chi connectivity index (χ3v) is 6.71. The van der Waals surface area contributed by atoms with Crippen LogP contribution >= 0.6 is 0 Å². The van der Waals surface area contributed by atoms with Crippen LogP contribution in [0.2, 0.25) is 0 Å². The number of amides is 2. The summed E-state index contributed by atoms with van der Waals surface area (Å²) in [6.07, 6.45) is 1.95. The number of rotatable bonds is 5. The zero-order valence-electron chi connectivity index (χ0n) is 20.8. The number of nitrogens with one attached hydrogen (secondary N) is 1. The molecule has 2 aromatic rings. The fourth-order valence-electron chi connectivity index (χ4n) is 5.26. The highest BCUT2D eigenvalue weighted by Gasteiger charge is 2.52. The lowest BCUT2D eigenvalue weighted by Gasteiger charge is -2.35. The first-order chi connectivity index (χ1) is 16.5. The molecule has 1 aromatic carbocycles. The molecule has 2 amide bonds. The topological polar surface area (TPSA) is 100 Å². The minimum Gasteiger partial charge on any atom is -0.444 e. The lowest BCUT2D eigenvalue weighted by atomic mass is 9.97. The Hall–Kier alpha value is -3.41. The molecular weight excluding hydrogens is 449 g/mol. The Labute approximate surface area is 205 Å². The number of benzene rings is 1. The maximum absolute atomic E-state index is 14.9. The van der Waals surface area contributed by atoms with Gasteiger partial charge in [-0.15, -0.1) is 0 Å². The molecule has 2 aliphatic rings. The van der Waals surface area contributed by atoms with Crippen LogP contribution in [0.1, 0.15) is 51.3 Å². The molecule has 186 valence electrons. The highest BCUT2D eigenvalue weighted by Crippen LogP contribution is 2.43. The highest BCUT2D eigenvalue weighted by atomic mass is 19.1. The quantitative estimate of drug-likeness (QED) is 0.699. The van der Waals surface area contributed by atoms with Crippen molar-refractivity contribution in [2.24, 2.45) is 13.0 Å². The SMILES string of the molecule is Cc1cc(-c2ccc(C[C@@H](C#N)NC(=O)[C@@H]3[C@H]4CC[C@H](C4)N3C(=O)OC(C)(C)C)c(F)c2)n(C)n1. The van der Waals surface area contributed by atoms with Gasteiger partial charge >= 0.3 is 6.09 Å². The summed E-state index contributed by atoms with van der Waals surface area (Å²) in [5.41, 5.74) is 1.96. The molecule has 0 unspecified atom stereocenters. The van der Waals surface area contributed by atoms with Gasteiger partial charge in [-0.05, 0) is 70.6 Å². The first-order valence-corrected chi connectivity index (χ1v) is 12.0. The summed E-state index contributed by atoms with van der Waals surface area (Å²) in [4.78, 5) is 27.6. The van der Waals surface area contributed by atoms with Gasteiger partial charge in [0.05, 0.1) is 17.5 Å². The van der Waals surface area contributed by atoms with Crippen LogP contribution in [-0.2, 0) is 23.0 Å². The standard InChI is InChI=1S/C26H32FN5O3/c1-15-10-22(31(5)30-15)17-7-6-16(21(27)13-17)11-19(14-28)29-24(33)23-18-8-9-20(12-18)32(23)25(34)35-26(2,3)4/h6-7,10,13,18-20,23H,8-9,11-12H2,1-5H3,(H,29,33)/t18-,19-,20+,23-/m0/s1. The Kier molecular flexibility index (Phi) is 6.58. The van der Waals surface area contributed by atoms with Crippen LogP contribution in [-0.4, -0.2) is 50.4 Å². The van der Waals surface area contributed by atoms with E-state index in [0.29, 0.717) is 11.1 Å². The van der Waals surface area contributed by atoms with Crippen LogP contribution in [0.4, 0.5) is 9.18 Å². The number of halogens is 1. The third-order valence-electron chi connectivity index (χ3n) is 6.71. The van der Waals surface area contributed by atoms with E-state index < -0.39 is 35.5 Å². The second-order valence-corrected chi connectivity index (χ2v) is 10.6. The van der Waals surface area contributed by atoms with E-state index in [9.17, 15) is 19.2 Å². The van der Waals surface area contributed by atoms with E-state index >= 15 is 0 Å². The Balaban J connectivity index is 1.46. The lowest BCUT2D eigenvalue weighted by molar-refractivity contribution is -0.128. The normalized spacial score (nSPS) is 22.1. The summed E-state index contributed by atoms with van der Waals surface area (Å²) in [6.45, 7) is 7.23. The van der Waals surface area contributed by atoms with Crippen molar-refractivity contribution in [1.82, 2.24) is 20.0 Å². The maximum Gasteiger partial charge on any atom is 0.411 e. The number of aryl methyl sites for hydroxylation is 2. The molecule has 1 saturated carbocycles. The van der Waals surface area contributed by atoms with Crippen molar-refractivity contribution in [3.8, 4) is 17.3 Å². The molecule has 4 atom stereocenters. The van der Waals surface area contributed by atoms with Gasteiger partial charge < -0.3 is 10.1 Å². The number of nitrogens with zero attached hydrogens (tertiary/aromatic N) is 4. The first-order valence-electron chi connectivity index (χ1n) is 12.0. The smallest absolute Gasteiger partial charge is 0.411 e. The summed E-state index contributed by atoms with van der Waals surface area (Å²) in [5.74, 6) is -0.812. The summed E-state index contributed by atoms with van der Waals surface area (Å²) >= 11 is 0. The van der Waals surface area contributed by atoms with Crippen LogP contribution < -0.4 is 5.32 Å². The molecule has 1 aliphatic heterocycles. The minimum absolute atomic E-state index is 0.0199. The van der Waals surface area contributed by atoms with Gasteiger partial charge in [0.1, 0.15) is 23.5 Å². The number of nitriles is 1. The molecule has 1 aliphatic carbocycles. The molecule has 0 radical (unpaired) electrons. The largest absolute Gasteiger partial charge is 0.444 e. The predicted octanol–water partition coefficient (Wildman–Crippen LogP) is 3.87. The molecule has 8 nitrogen and oxygen atoms in total. The lowest BCUT2D eigenvalue weighted by Crippen LogP contribution is -2.55. The van der Waals surface area contributed by atoms with Gasteiger partial charge in [-0.1, -0.05) is 12.1 Å². The number of fused-ring (bicyclic) bond motifs is 2. The Morgan fingerprint density at radius 2 is 2.06 bits per heavy atom. The molecule has 1 saturated heterocycles. The molecule has 9 heteroatoms. The van der Waals surface area contributed by atoms with E-state index in [4.69, 9.17) is 4.74 Å². The van der Waals surface area contributed by atoms with Gasteiger partial charge in [-0.3, -0.25) is 14.4 Å². The predicted molar refractivity (Wildman–Crippen MR) is 128 cm³/mol. The van der Waals surface area contributed by atoms with Crippen molar-refractivity contribution in [2.75, 3.05) is 0 Å². The number of hydrogen-bond acceptors (Lipinski definition) is 5. The van der Waals surface area contributed by atoms with E-state index in [2.05, 4.69) is 16.5 Å². The summed E-state index contributed by atoms with van der Waals surface area (Å²) < 4.78 is 22.2. The van der Waals surface area contributed by atoms with Crippen molar-refractivity contribution < 1.29 is 18.7 Å². The van der Waals surface area contributed by atoms with Gasteiger partial charge in [0, 0.05) is 25.1 Å². The first kappa shape index (κ1) is 24.7. The van der Waals surface area contributed by atoms with Crippen LogP contribution in [0.15, 0.2) is 24.3 Å². The van der Waals surface area contributed by atoms with Crippen molar-refractivity contribution in [1.29, 1.82) is 5.26 Å². The van der Waals surface area contributed by atoms with E-state index in [1.165, 1.54) is 11.0 Å². The minimum atomic E-state index is -0.929. The Morgan fingerprint density at radius 1 is 1.31 bits per heavy atom. The van der Waals surface area contributed by atoms with Crippen LogP contribution in [0.25, 0.3) is 11.3 Å². The molecule has 0 spiro atoms. The molecule has 4 rings (SSSR count). The molecule has 2 bridgehead atoms. The highest BCUT2D eigenvalue weighted by molar-refractivity contribution is 5.87. The second-order valence-electron chi connectivity index (χ2n) is 10.6. The van der Waals surface area contributed by atoms with Gasteiger partial charge in [0.2, 0.25) is 5.91 Å². The molecule has 2 heterocycles. The van der Waals surface area contributed by atoms with Crippen molar-refractivity contribution >= 4 is 12.0 Å². The molecule has 1 N–H and O–H groups in total. The average molecular weight is 482 g/mol. The van der Waals surface area contributed by atoms with Gasteiger partial charge in [0.25, 0.3) is 0 Å². The number of piperidine rings is 1. The summed E-state index contributed by atoms with van der Waals surface area (Å²) in [7, 11) is 1.80. The molecule has 35 heavy (non-hydrogen) atoms. The van der Waals surface area contributed by atoms with E-state index in [1.807, 2.05) is 13.0 Å². The van der Waals surface area contributed by atoms with E-state index in [-0.39, 0.29) is 18.4 Å². The van der Waals surface area contributed by atoms with Crippen molar-refractivity contribution in [3.05, 3.63) is 41.3 Å². The number of carbonyl (C=O) groups is 2. The second kappa shape index (κ2) is 9.33. The number of likely N-dealkylation sites (tertiary alicyclic amines) is 1. The maximum atomic E-state index is 14.9. The molecule has 2 fully saturated rings. The zero-order chi connectivity index (χ0) is 25.5. The zero-order valence-corrected chi connectivity index (χ0v) is 20.8. The van der Waals surface area contributed by atoms with Gasteiger partial charge in [-0.2, -0.15) is 10.4 Å². The Morgan fingerprint density at radius 3 is 2.66 bits per heavy atom. The number of aromatic nitrogens is 2. The van der Waals surface area contributed by atoms with Crippen LogP contribution in [0.3, 0.4) is 0 Å². The van der Waals surface area contributed by atoms with Crippen LogP contribution in [0, 0.1) is 30.0 Å². The fraction of sp³-hybridized carbons (Fsp3) is 0.538. The van der Waals surface area contributed by atoms with Gasteiger partial charge in [-0.25, -0.2) is 9.18 Å². The third kappa shape index (κ3) is 5.16. The van der Waals surface area contributed by atoms with Crippen molar-refractivity contribution in [3.63, 3.8) is 0 Å². The summed E-state index contributed by atoms with van der Waals surface area (Å²) in [5, 5.41) is 16.7. The van der Waals surface area contributed by atoms with E-state index in [1.54, 1.807) is 44.6 Å². The Bertz CT molecular complexity index is 1180. The van der Waals surface area contributed by atoms with Crippen molar-refractivity contribution in [2.45, 2.75) is 77.1 Å². The monoisotopic (exact) mass is 481 g/mol. The van der Waals surface area contributed by atoms with Crippen LogP contribution in [0.5, 0.6) is 0 Å². The number of hydrogen-bond donors (Lipinski definition) is 1. The van der Waals surface area contributed by atoms with E-state index in [0.717, 1.165) is 30.7 Å². The number of carbonyl (C=O) groups excluding carboxylic acids is 2. The molecular formula is C26H32FN5O3. The number of ether oxygens (including phenoxy) is 1. The molecule has 1 aromatic heterocycles. The summed E-state index contributed by atoms with van der Waals surface area (Å²) in [6, 6.07) is 7.13. The fourth-order valence-corrected chi connectivity index (χ4v) is 5.26. The average Bonchev–Trinajstić information content (AvgIpc) is 3.47.